The number of rotatable bonds is 11. The van der Waals surface area contributed by atoms with Crippen LogP contribution in [0.4, 0.5) is 0 Å². The minimum atomic E-state index is -0.708. The van der Waals surface area contributed by atoms with Gasteiger partial charge >= 0.3 is 0 Å². The van der Waals surface area contributed by atoms with Gasteiger partial charge in [-0.1, -0.05) is 103 Å². The van der Waals surface area contributed by atoms with Crippen molar-refractivity contribution in [3.63, 3.8) is 0 Å². The summed E-state index contributed by atoms with van der Waals surface area (Å²) in [7, 11) is 0. The van der Waals surface area contributed by atoms with Crippen molar-refractivity contribution in [1.29, 1.82) is 0 Å². The lowest BCUT2D eigenvalue weighted by Crippen LogP contribution is -2.51. The quantitative estimate of drug-likeness (QED) is 0.278. The topological polar surface area (TPSA) is 49.4 Å². The van der Waals surface area contributed by atoms with Gasteiger partial charge in [-0.2, -0.15) is 0 Å². The molecule has 0 unspecified atom stereocenters. The van der Waals surface area contributed by atoms with E-state index in [2.05, 4.69) is 12.2 Å². The summed E-state index contributed by atoms with van der Waals surface area (Å²) in [6.07, 6.45) is 2.29. The monoisotopic (exact) mass is 530 g/mol. The molecule has 0 saturated carbocycles. The molecule has 184 valence electrons. The first-order chi connectivity index (χ1) is 16.9. The summed E-state index contributed by atoms with van der Waals surface area (Å²) in [5, 5.41) is 4.37. The number of benzene rings is 3. The number of carbonyl (C=O) groups excluding carboxylic acids is 2. The summed E-state index contributed by atoms with van der Waals surface area (Å²) in [4.78, 5) is 28.8. The Morgan fingerprint density at radius 3 is 2.26 bits per heavy atom. The summed E-state index contributed by atoms with van der Waals surface area (Å²) >= 11 is 18.7. The normalized spacial score (nSPS) is 11.7. The maximum Gasteiger partial charge on any atom is 0.243 e. The molecule has 0 aliphatic rings. The van der Waals surface area contributed by atoms with Crippen LogP contribution in [0.5, 0.6) is 0 Å². The van der Waals surface area contributed by atoms with E-state index in [0.29, 0.717) is 28.0 Å². The van der Waals surface area contributed by atoms with Gasteiger partial charge in [0.15, 0.2) is 0 Å². The van der Waals surface area contributed by atoms with E-state index in [4.69, 9.17) is 34.8 Å². The fourth-order valence-electron chi connectivity index (χ4n) is 3.80. The van der Waals surface area contributed by atoms with E-state index in [1.165, 1.54) is 0 Å². The van der Waals surface area contributed by atoms with Crippen LogP contribution < -0.4 is 5.32 Å². The highest BCUT2D eigenvalue weighted by Gasteiger charge is 2.30. The molecule has 0 aliphatic carbocycles. The highest BCUT2D eigenvalue weighted by Crippen LogP contribution is 2.25. The van der Waals surface area contributed by atoms with Crippen LogP contribution in [0.2, 0.25) is 15.1 Å². The molecule has 3 aromatic carbocycles. The molecule has 0 aliphatic heterocycles. The first-order valence-corrected chi connectivity index (χ1v) is 12.8. The molecule has 4 nitrogen and oxygen atoms in total. The zero-order chi connectivity index (χ0) is 25.2. The minimum absolute atomic E-state index is 0.0782. The number of nitrogens with zero attached hydrogens (tertiary/aromatic N) is 1. The van der Waals surface area contributed by atoms with Gasteiger partial charge in [-0.3, -0.25) is 9.59 Å². The summed E-state index contributed by atoms with van der Waals surface area (Å²) in [6.45, 7) is 2.83. The fourth-order valence-corrected chi connectivity index (χ4v) is 4.31. The van der Waals surface area contributed by atoms with Crippen molar-refractivity contribution in [2.45, 2.75) is 45.2 Å². The molecule has 0 saturated heterocycles. The smallest absolute Gasteiger partial charge is 0.243 e. The van der Waals surface area contributed by atoms with E-state index in [1.54, 1.807) is 29.2 Å². The van der Waals surface area contributed by atoms with E-state index >= 15 is 0 Å². The third kappa shape index (κ3) is 7.99. The largest absolute Gasteiger partial charge is 0.354 e. The van der Waals surface area contributed by atoms with Gasteiger partial charge in [0.05, 0.1) is 16.5 Å². The molecule has 1 N–H and O–H groups in total. The molecular weight excluding hydrogens is 503 g/mol. The Balaban J connectivity index is 1.96. The van der Waals surface area contributed by atoms with Gasteiger partial charge in [-0.25, -0.2) is 0 Å². The number of unbranched alkanes of at least 4 members (excludes halogenated alkanes) is 1. The first-order valence-electron chi connectivity index (χ1n) is 11.7. The Labute approximate surface area is 222 Å². The molecule has 0 spiro atoms. The predicted octanol–water partition coefficient (Wildman–Crippen LogP) is 6.75. The molecule has 0 aromatic heterocycles. The third-order valence-corrected chi connectivity index (χ3v) is 6.85. The van der Waals surface area contributed by atoms with Crippen LogP contribution in [0.1, 0.15) is 36.5 Å². The molecule has 2 amide bonds. The molecular formula is C28H29Cl3N2O2. The second kappa shape index (κ2) is 13.5. The fraction of sp³-hybridized carbons (Fsp3) is 0.286. The summed E-state index contributed by atoms with van der Waals surface area (Å²) in [5.74, 6) is -0.383. The summed E-state index contributed by atoms with van der Waals surface area (Å²) in [6, 6.07) is 21.5. The van der Waals surface area contributed by atoms with Crippen molar-refractivity contribution in [1.82, 2.24) is 10.2 Å². The van der Waals surface area contributed by atoms with Gasteiger partial charge in [-0.15, -0.1) is 0 Å². The Morgan fingerprint density at radius 1 is 0.857 bits per heavy atom. The number of halogens is 3. The van der Waals surface area contributed by atoms with Gasteiger partial charge in [0.25, 0.3) is 0 Å². The molecule has 35 heavy (non-hydrogen) atoms. The minimum Gasteiger partial charge on any atom is -0.354 e. The van der Waals surface area contributed by atoms with Crippen LogP contribution in [0.15, 0.2) is 72.8 Å². The molecule has 3 aromatic rings. The van der Waals surface area contributed by atoms with Gasteiger partial charge in [0.2, 0.25) is 11.8 Å². The molecule has 0 fully saturated rings. The number of carbonyl (C=O) groups is 2. The van der Waals surface area contributed by atoms with E-state index in [-0.39, 0.29) is 24.8 Å². The van der Waals surface area contributed by atoms with Gasteiger partial charge in [0.1, 0.15) is 6.04 Å². The number of nitrogens with one attached hydrogen (secondary N) is 1. The van der Waals surface area contributed by atoms with Crippen LogP contribution in [-0.4, -0.2) is 29.3 Å². The lowest BCUT2D eigenvalue weighted by atomic mass is 10.0. The molecule has 3 rings (SSSR count). The predicted molar refractivity (Wildman–Crippen MR) is 144 cm³/mol. The van der Waals surface area contributed by atoms with Crippen LogP contribution in [0.3, 0.4) is 0 Å². The Morgan fingerprint density at radius 2 is 1.57 bits per heavy atom. The van der Waals surface area contributed by atoms with Crippen molar-refractivity contribution >= 4 is 46.6 Å². The summed E-state index contributed by atoms with van der Waals surface area (Å²) in [5.41, 5.74) is 2.46. The maximum absolute atomic E-state index is 13.7. The van der Waals surface area contributed by atoms with E-state index in [1.807, 2.05) is 48.5 Å². The second-order valence-electron chi connectivity index (χ2n) is 8.39. The van der Waals surface area contributed by atoms with Gasteiger partial charge < -0.3 is 10.2 Å². The van der Waals surface area contributed by atoms with Gasteiger partial charge in [-0.05, 0) is 41.3 Å². The van der Waals surface area contributed by atoms with Crippen LogP contribution in [0.25, 0.3) is 0 Å². The Bertz CT molecular complexity index is 1140. The lowest BCUT2D eigenvalue weighted by Gasteiger charge is -2.32. The lowest BCUT2D eigenvalue weighted by molar-refractivity contribution is -0.140. The Hall–Kier alpha value is -2.53. The standard InChI is InChI=1S/C28H29Cl3N2O2/c1-2-3-15-32-28(35)26(17-20-9-5-4-6-10-20)33(19-22-11-7-8-12-23(22)29)27(34)18-21-13-14-24(30)25(31)16-21/h4-14,16,26H,2-3,15,17-19H2,1H3,(H,32,35)/t26-/m0/s1. The number of hydrogen-bond donors (Lipinski definition) is 1. The highest BCUT2D eigenvalue weighted by atomic mass is 35.5. The van der Waals surface area contributed by atoms with Crippen molar-refractivity contribution in [3.05, 3.63) is 105 Å². The van der Waals surface area contributed by atoms with Crippen molar-refractivity contribution in [2.24, 2.45) is 0 Å². The first kappa shape index (κ1) is 27.1. The average Bonchev–Trinajstić information content (AvgIpc) is 2.85. The summed E-state index contributed by atoms with van der Waals surface area (Å²) < 4.78 is 0. The SMILES string of the molecule is CCCCNC(=O)[C@H](Cc1ccccc1)N(Cc1ccccc1Cl)C(=O)Cc1ccc(Cl)c(Cl)c1. The molecule has 1 atom stereocenters. The van der Waals surface area contributed by atoms with Crippen LogP contribution in [-0.2, 0) is 29.0 Å². The van der Waals surface area contributed by atoms with E-state index in [9.17, 15) is 9.59 Å². The second-order valence-corrected chi connectivity index (χ2v) is 9.61. The van der Waals surface area contributed by atoms with E-state index < -0.39 is 6.04 Å². The molecule has 0 heterocycles. The van der Waals surface area contributed by atoms with E-state index in [0.717, 1.165) is 29.5 Å². The Kier molecular flexibility index (Phi) is 10.5. The van der Waals surface area contributed by atoms with Crippen LogP contribution >= 0.6 is 34.8 Å². The van der Waals surface area contributed by atoms with Crippen LogP contribution in [0, 0.1) is 0 Å². The number of amides is 2. The van der Waals surface area contributed by atoms with Crippen molar-refractivity contribution < 1.29 is 9.59 Å². The zero-order valence-corrected chi connectivity index (χ0v) is 21.9. The third-order valence-electron chi connectivity index (χ3n) is 5.74. The maximum atomic E-state index is 13.7. The van der Waals surface area contributed by atoms with Crippen molar-refractivity contribution in [2.75, 3.05) is 6.54 Å². The molecule has 0 bridgehead atoms. The highest BCUT2D eigenvalue weighted by molar-refractivity contribution is 6.42. The number of hydrogen-bond acceptors (Lipinski definition) is 2. The van der Waals surface area contributed by atoms with Crippen molar-refractivity contribution in [3.8, 4) is 0 Å². The molecule has 7 heteroatoms. The zero-order valence-electron chi connectivity index (χ0n) is 19.6. The average molecular weight is 532 g/mol. The molecule has 0 radical (unpaired) electrons. The van der Waals surface area contributed by atoms with Gasteiger partial charge in [0, 0.05) is 24.5 Å².